The lowest BCUT2D eigenvalue weighted by molar-refractivity contribution is 0.0464. The zero-order valence-corrected chi connectivity index (χ0v) is 14.0. The zero-order valence-electron chi connectivity index (χ0n) is 13.3. The molecule has 0 radical (unpaired) electrons. The van der Waals surface area contributed by atoms with Gasteiger partial charge < -0.3 is 14.8 Å². The van der Waals surface area contributed by atoms with Gasteiger partial charge in [-0.2, -0.15) is 0 Å². The molecule has 0 bridgehead atoms. The van der Waals surface area contributed by atoms with Crippen LogP contribution in [-0.2, 0) is 4.74 Å². The number of ether oxygens (including phenoxy) is 2. The number of halogens is 1. The van der Waals surface area contributed by atoms with Gasteiger partial charge in [-0.1, -0.05) is 11.6 Å². The fourth-order valence-electron chi connectivity index (χ4n) is 1.91. The van der Waals surface area contributed by atoms with Crippen LogP contribution < -0.4 is 10.1 Å². The molecule has 1 atom stereocenters. The molecule has 7 heteroatoms. The van der Waals surface area contributed by atoms with Crippen molar-refractivity contribution in [2.45, 2.75) is 13.0 Å². The van der Waals surface area contributed by atoms with Crippen molar-refractivity contribution in [3.8, 4) is 5.75 Å². The summed E-state index contributed by atoms with van der Waals surface area (Å²) in [6.45, 7) is 1.76. The highest BCUT2D eigenvalue weighted by molar-refractivity contribution is 6.32. The third kappa shape index (κ3) is 4.70. The number of rotatable bonds is 6. The predicted molar refractivity (Wildman–Crippen MR) is 89.5 cm³/mol. The summed E-state index contributed by atoms with van der Waals surface area (Å²) in [4.78, 5) is 27.9. The number of benzene rings is 1. The molecule has 0 aliphatic rings. The maximum Gasteiger partial charge on any atom is 0.338 e. The molecule has 1 N–H and O–H groups in total. The second-order valence-corrected chi connectivity index (χ2v) is 5.40. The van der Waals surface area contributed by atoms with Crippen molar-refractivity contribution in [2.24, 2.45) is 0 Å². The molecule has 0 fully saturated rings. The number of nitrogens with zero attached hydrogens (tertiary/aromatic N) is 1. The number of esters is 1. The molecular formula is C17H17ClN2O4. The standard InChI is InChI=1S/C17H17ClN2O4/c1-11(20-16(21)14-4-3-9-19-15(14)18)10-24-17(22)12-5-7-13(23-2)8-6-12/h3-9,11H,10H2,1-2H3,(H,20,21)/t11-/m0/s1. The summed E-state index contributed by atoms with van der Waals surface area (Å²) >= 11 is 5.87. The summed E-state index contributed by atoms with van der Waals surface area (Å²) in [5.41, 5.74) is 0.678. The van der Waals surface area contributed by atoms with Gasteiger partial charge in [0.1, 0.15) is 17.5 Å². The Kier molecular flexibility index (Phi) is 6.14. The lowest BCUT2D eigenvalue weighted by Crippen LogP contribution is -2.36. The third-order valence-corrected chi connectivity index (χ3v) is 3.47. The molecule has 1 aromatic carbocycles. The lowest BCUT2D eigenvalue weighted by Gasteiger charge is -2.14. The normalized spacial score (nSPS) is 11.5. The van der Waals surface area contributed by atoms with Crippen LogP contribution in [0.3, 0.4) is 0 Å². The van der Waals surface area contributed by atoms with Gasteiger partial charge in [0.15, 0.2) is 0 Å². The fraction of sp³-hybridized carbons (Fsp3) is 0.235. The number of amides is 1. The van der Waals surface area contributed by atoms with Gasteiger partial charge in [-0.05, 0) is 43.3 Å². The fourth-order valence-corrected chi connectivity index (χ4v) is 2.11. The van der Waals surface area contributed by atoms with E-state index in [0.29, 0.717) is 11.3 Å². The van der Waals surface area contributed by atoms with E-state index in [9.17, 15) is 9.59 Å². The van der Waals surface area contributed by atoms with E-state index < -0.39 is 5.97 Å². The Balaban J connectivity index is 1.86. The molecule has 126 valence electrons. The van der Waals surface area contributed by atoms with E-state index in [4.69, 9.17) is 21.1 Å². The summed E-state index contributed by atoms with van der Waals surface area (Å²) in [6, 6.07) is 9.38. The SMILES string of the molecule is COc1ccc(C(=O)OC[C@H](C)NC(=O)c2cccnc2Cl)cc1. The molecule has 0 saturated heterocycles. The van der Waals surface area contributed by atoms with E-state index in [1.807, 2.05) is 0 Å². The lowest BCUT2D eigenvalue weighted by atomic mass is 10.2. The van der Waals surface area contributed by atoms with Crippen LogP contribution in [0.2, 0.25) is 5.15 Å². The molecule has 1 aromatic heterocycles. The van der Waals surface area contributed by atoms with E-state index in [-0.39, 0.29) is 29.3 Å². The maximum atomic E-state index is 12.1. The van der Waals surface area contributed by atoms with Crippen LogP contribution in [0.15, 0.2) is 42.6 Å². The van der Waals surface area contributed by atoms with E-state index in [0.717, 1.165) is 0 Å². The largest absolute Gasteiger partial charge is 0.497 e. The first kappa shape index (κ1) is 17.7. The maximum absolute atomic E-state index is 12.1. The van der Waals surface area contributed by atoms with Gasteiger partial charge in [-0.25, -0.2) is 9.78 Å². The topological polar surface area (TPSA) is 77.5 Å². The van der Waals surface area contributed by atoms with Crippen molar-refractivity contribution < 1.29 is 19.1 Å². The first-order chi connectivity index (χ1) is 11.5. The summed E-state index contributed by atoms with van der Waals surface area (Å²) in [5, 5.41) is 2.82. The molecule has 0 spiro atoms. The smallest absolute Gasteiger partial charge is 0.338 e. The number of carbonyl (C=O) groups is 2. The van der Waals surface area contributed by atoms with Crippen molar-refractivity contribution in [3.63, 3.8) is 0 Å². The van der Waals surface area contributed by atoms with Gasteiger partial charge in [-0.3, -0.25) is 4.79 Å². The molecule has 0 unspecified atom stereocenters. The average molecular weight is 349 g/mol. The number of nitrogens with one attached hydrogen (secondary N) is 1. The molecule has 2 rings (SSSR count). The van der Waals surface area contributed by atoms with Crippen molar-refractivity contribution in [1.82, 2.24) is 10.3 Å². The van der Waals surface area contributed by atoms with E-state index in [1.165, 1.54) is 6.20 Å². The van der Waals surface area contributed by atoms with Gasteiger partial charge >= 0.3 is 5.97 Å². The highest BCUT2D eigenvalue weighted by Gasteiger charge is 2.15. The molecule has 1 heterocycles. The minimum Gasteiger partial charge on any atom is -0.497 e. The van der Waals surface area contributed by atoms with Gasteiger partial charge in [0.2, 0.25) is 0 Å². The van der Waals surface area contributed by atoms with E-state index in [2.05, 4.69) is 10.3 Å². The number of hydrogen-bond donors (Lipinski definition) is 1. The van der Waals surface area contributed by atoms with Gasteiger partial charge in [0.05, 0.1) is 24.3 Å². The highest BCUT2D eigenvalue weighted by Crippen LogP contribution is 2.13. The Morgan fingerprint density at radius 3 is 2.58 bits per heavy atom. The van der Waals surface area contributed by atoms with Crippen LogP contribution in [0.25, 0.3) is 0 Å². The highest BCUT2D eigenvalue weighted by atomic mass is 35.5. The molecule has 0 aliphatic carbocycles. The van der Waals surface area contributed by atoms with E-state index >= 15 is 0 Å². The second-order valence-electron chi connectivity index (χ2n) is 5.04. The van der Waals surface area contributed by atoms with Gasteiger partial charge in [0.25, 0.3) is 5.91 Å². The van der Waals surface area contributed by atoms with Crippen molar-refractivity contribution in [1.29, 1.82) is 0 Å². The average Bonchev–Trinajstić information content (AvgIpc) is 2.60. The Morgan fingerprint density at radius 1 is 1.25 bits per heavy atom. The Morgan fingerprint density at radius 2 is 1.96 bits per heavy atom. The first-order valence-corrected chi connectivity index (χ1v) is 7.61. The number of methoxy groups -OCH3 is 1. The summed E-state index contributed by atoms with van der Waals surface area (Å²) in [6.07, 6.45) is 1.50. The summed E-state index contributed by atoms with van der Waals surface area (Å²) in [5.74, 6) is -0.195. The Bertz CT molecular complexity index is 719. The molecule has 6 nitrogen and oxygen atoms in total. The quantitative estimate of drug-likeness (QED) is 0.641. The minimum atomic E-state index is -0.474. The van der Waals surface area contributed by atoms with Crippen LogP contribution in [0, 0.1) is 0 Å². The summed E-state index contributed by atoms with van der Waals surface area (Å²) in [7, 11) is 1.55. The summed E-state index contributed by atoms with van der Waals surface area (Å²) < 4.78 is 10.2. The molecule has 0 aliphatic heterocycles. The zero-order chi connectivity index (χ0) is 17.5. The van der Waals surface area contributed by atoms with Gasteiger partial charge in [-0.15, -0.1) is 0 Å². The molecule has 1 amide bonds. The van der Waals surface area contributed by atoms with Crippen molar-refractivity contribution in [2.75, 3.05) is 13.7 Å². The number of carbonyl (C=O) groups excluding carboxylic acids is 2. The minimum absolute atomic E-state index is 0.0362. The van der Waals surface area contributed by atoms with Gasteiger partial charge in [0, 0.05) is 6.20 Å². The third-order valence-electron chi connectivity index (χ3n) is 3.17. The number of aromatic nitrogens is 1. The Hall–Kier alpha value is -2.60. The first-order valence-electron chi connectivity index (χ1n) is 7.24. The molecule has 24 heavy (non-hydrogen) atoms. The van der Waals surface area contributed by atoms with Crippen LogP contribution in [-0.4, -0.2) is 36.6 Å². The predicted octanol–water partition coefficient (Wildman–Crippen LogP) is 2.72. The van der Waals surface area contributed by atoms with Crippen molar-refractivity contribution >= 4 is 23.5 Å². The van der Waals surface area contributed by atoms with Crippen molar-refractivity contribution in [3.05, 3.63) is 58.9 Å². The monoisotopic (exact) mass is 348 g/mol. The number of hydrogen-bond acceptors (Lipinski definition) is 5. The van der Waals surface area contributed by atoms with Crippen LogP contribution in [0.5, 0.6) is 5.75 Å². The van der Waals surface area contributed by atoms with Crippen LogP contribution >= 0.6 is 11.6 Å². The van der Waals surface area contributed by atoms with E-state index in [1.54, 1.807) is 50.4 Å². The molecule has 0 saturated carbocycles. The van der Waals surface area contributed by atoms with Crippen LogP contribution in [0.1, 0.15) is 27.6 Å². The van der Waals surface area contributed by atoms with Crippen LogP contribution in [0.4, 0.5) is 0 Å². The Labute approximate surface area is 144 Å². The second kappa shape index (κ2) is 8.31. The number of pyridine rings is 1. The molecular weight excluding hydrogens is 332 g/mol. The molecule has 2 aromatic rings.